The third kappa shape index (κ3) is 4.35. The predicted octanol–water partition coefficient (Wildman–Crippen LogP) is 2.74. The molecule has 1 aromatic carbocycles. The second-order valence-corrected chi connectivity index (χ2v) is 6.56. The van der Waals surface area contributed by atoms with Gasteiger partial charge in [0.25, 0.3) is 0 Å². The second kappa shape index (κ2) is 8.60. The van der Waals surface area contributed by atoms with Gasteiger partial charge in [-0.05, 0) is 37.7 Å². The Kier molecular flexibility index (Phi) is 6.24. The maximum atomic E-state index is 12.1. The van der Waals surface area contributed by atoms with Crippen LogP contribution in [0.5, 0.6) is 0 Å². The Bertz CT molecular complexity index is 515. The molecule has 2 fully saturated rings. The molecule has 1 unspecified atom stereocenters. The number of carbonyl (C=O) groups is 1. The first-order chi connectivity index (χ1) is 11.8. The Balaban J connectivity index is 1.63. The number of hydrogen-bond acceptors (Lipinski definition) is 5. The molecule has 0 aliphatic carbocycles. The number of benzene rings is 1. The molecule has 2 saturated heterocycles. The summed E-state index contributed by atoms with van der Waals surface area (Å²) in [6.45, 7) is 2.12. The van der Waals surface area contributed by atoms with Crippen molar-refractivity contribution in [1.29, 1.82) is 0 Å². The molecule has 0 radical (unpaired) electrons. The number of esters is 1. The lowest BCUT2D eigenvalue weighted by molar-refractivity contribution is -0.171. The summed E-state index contributed by atoms with van der Waals surface area (Å²) in [6, 6.07) is 10.3. The van der Waals surface area contributed by atoms with Gasteiger partial charge < -0.3 is 14.2 Å². The lowest BCUT2D eigenvalue weighted by atomic mass is 10.2. The molecule has 0 saturated carbocycles. The molecule has 3 rings (SSSR count). The standard InChI is InChI=1S/C19H27NO4/c1-22-19(21)17-11-10-16(14-24-18-9-5-6-12-23-18)20(17)13-15-7-3-2-4-8-15/h2-4,7-8,16-18H,5-6,9-14H2,1H3/t16-,17+,18?/m0/s1. The lowest BCUT2D eigenvalue weighted by Crippen LogP contribution is -2.43. The highest BCUT2D eigenvalue weighted by atomic mass is 16.7. The van der Waals surface area contributed by atoms with Crippen LogP contribution in [0.3, 0.4) is 0 Å². The number of likely N-dealkylation sites (tertiary alicyclic amines) is 1. The molecule has 2 heterocycles. The summed E-state index contributed by atoms with van der Waals surface area (Å²) in [5.41, 5.74) is 1.20. The molecule has 1 aromatic rings. The molecular formula is C19H27NO4. The summed E-state index contributed by atoms with van der Waals surface area (Å²) >= 11 is 0. The van der Waals surface area contributed by atoms with Crippen molar-refractivity contribution in [3.63, 3.8) is 0 Å². The number of rotatable bonds is 6. The van der Waals surface area contributed by atoms with Crippen LogP contribution in [0.15, 0.2) is 30.3 Å². The Morgan fingerprint density at radius 1 is 1.21 bits per heavy atom. The molecule has 3 atom stereocenters. The smallest absolute Gasteiger partial charge is 0.323 e. The van der Waals surface area contributed by atoms with Gasteiger partial charge in [-0.3, -0.25) is 9.69 Å². The molecule has 0 spiro atoms. The van der Waals surface area contributed by atoms with E-state index < -0.39 is 0 Å². The van der Waals surface area contributed by atoms with Crippen molar-refractivity contribution < 1.29 is 19.0 Å². The summed E-state index contributed by atoms with van der Waals surface area (Å²) in [6.07, 6.45) is 4.92. The van der Waals surface area contributed by atoms with E-state index in [-0.39, 0.29) is 24.3 Å². The van der Waals surface area contributed by atoms with Crippen molar-refractivity contribution in [3.05, 3.63) is 35.9 Å². The largest absolute Gasteiger partial charge is 0.468 e. The fourth-order valence-electron chi connectivity index (χ4n) is 3.60. The van der Waals surface area contributed by atoms with Crippen molar-refractivity contribution in [2.24, 2.45) is 0 Å². The summed E-state index contributed by atoms with van der Waals surface area (Å²) in [5, 5.41) is 0. The molecule has 5 heteroatoms. The van der Waals surface area contributed by atoms with Crippen LogP contribution in [0.2, 0.25) is 0 Å². The molecule has 0 amide bonds. The van der Waals surface area contributed by atoms with Gasteiger partial charge in [-0.2, -0.15) is 0 Å². The van der Waals surface area contributed by atoms with Crippen molar-refractivity contribution in [2.45, 2.75) is 57.0 Å². The average molecular weight is 333 g/mol. The molecule has 24 heavy (non-hydrogen) atoms. The van der Waals surface area contributed by atoms with Crippen LogP contribution in [0.4, 0.5) is 0 Å². The van der Waals surface area contributed by atoms with E-state index in [1.54, 1.807) is 0 Å². The van der Waals surface area contributed by atoms with Crippen LogP contribution in [0.1, 0.15) is 37.7 Å². The summed E-state index contributed by atoms with van der Waals surface area (Å²) < 4.78 is 16.6. The summed E-state index contributed by atoms with van der Waals surface area (Å²) in [5.74, 6) is -0.151. The number of methoxy groups -OCH3 is 1. The first-order valence-electron chi connectivity index (χ1n) is 8.88. The molecule has 2 aliphatic heterocycles. The zero-order valence-corrected chi connectivity index (χ0v) is 14.4. The van der Waals surface area contributed by atoms with E-state index in [2.05, 4.69) is 17.0 Å². The minimum atomic E-state index is -0.184. The fourth-order valence-corrected chi connectivity index (χ4v) is 3.60. The van der Waals surface area contributed by atoms with Crippen molar-refractivity contribution >= 4 is 5.97 Å². The first-order valence-corrected chi connectivity index (χ1v) is 8.88. The van der Waals surface area contributed by atoms with Crippen LogP contribution < -0.4 is 0 Å². The molecule has 0 N–H and O–H groups in total. The highest BCUT2D eigenvalue weighted by Crippen LogP contribution is 2.28. The molecule has 0 bridgehead atoms. The van der Waals surface area contributed by atoms with E-state index in [9.17, 15) is 4.79 Å². The zero-order valence-electron chi connectivity index (χ0n) is 14.4. The SMILES string of the molecule is COC(=O)[C@H]1CC[C@@H](COC2CCCCO2)N1Cc1ccccc1. The first kappa shape index (κ1) is 17.4. The van der Waals surface area contributed by atoms with Gasteiger partial charge in [-0.25, -0.2) is 0 Å². The molecular weight excluding hydrogens is 306 g/mol. The van der Waals surface area contributed by atoms with Crippen LogP contribution in [-0.4, -0.2) is 49.6 Å². The Morgan fingerprint density at radius 3 is 2.75 bits per heavy atom. The van der Waals surface area contributed by atoms with Gasteiger partial charge in [-0.15, -0.1) is 0 Å². The summed E-state index contributed by atoms with van der Waals surface area (Å²) in [4.78, 5) is 14.4. The highest BCUT2D eigenvalue weighted by molar-refractivity contribution is 5.76. The van der Waals surface area contributed by atoms with E-state index >= 15 is 0 Å². The molecule has 0 aromatic heterocycles. The third-order valence-electron chi connectivity index (χ3n) is 4.94. The van der Waals surface area contributed by atoms with E-state index in [0.717, 1.165) is 45.3 Å². The zero-order chi connectivity index (χ0) is 16.8. The fraction of sp³-hybridized carbons (Fsp3) is 0.632. The third-order valence-corrected chi connectivity index (χ3v) is 4.94. The monoisotopic (exact) mass is 333 g/mol. The van der Waals surface area contributed by atoms with E-state index in [1.807, 2.05) is 18.2 Å². The van der Waals surface area contributed by atoms with Gasteiger partial charge in [-0.1, -0.05) is 30.3 Å². The number of nitrogens with zero attached hydrogens (tertiary/aromatic N) is 1. The normalized spacial score (nSPS) is 28.0. The quantitative estimate of drug-likeness (QED) is 0.749. The number of ether oxygens (including phenoxy) is 3. The van der Waals surface area contributed by atoms with Crippen LogP contribution in [0.25, 0.3) is 0 Å². The van der Waals surface area contributed by atoms with E-state index in [1.165, 1.54) is 12.7 Å². The molecule has 5 nitrogen and oxygen atoms in total. The maximum absolute atomic E-state index is 12.1. The van der Waals surface area contributed by atoms with Crippen LogP contribution in [-0.2, 0) is 25.5 Å². The van der Waals surface area contributed by atoms with Crippen molar-refractivity contribution in [1.82, 2.24) is 4.90 Å². The van der Waals surface area contributed by atoms with E-state index in [0.29, 0.717) is 6.61 Å². The Hall–Kier alpha value is -1.43. The van der Waals surface area contributed by atoms with Gasteiger partial charge in [0.05, 0.1) is 13.7 Å². The minimum absolute atomic E-state index is 0.0884. The van der Waals surface area contributed by atoms with Crippen molar-refractivity contribution in [2.75, 3.05) is 20.3 Å². The number of carbonyl (C=O) groups excluding carboxylic acids is 1. The predicted molar refractivity (Wildman–Crippen MR) is 90.4 cm³/mol. The maximum Gasteiger partial charge on any atom is 0.323 e. The van der Waals surface area contributed by atoms with Gasteiger partial charge in [0.1, 0.15) is 6.04 Å². The van der Waals surface area contributed by atoms with Gasteiger partial charge >= 0.3 is 5.97 Å². The lowest BCUT2D eigenvalue weighted by Gasteiger charge is -2.30. The van der Waals surface area contributed by atoms with Gasteiger partial charge in [0.15, 0.2) is 6.29 Å². The van der Waals surface area contributed by atoms with Crippen molar-refractivity contribution in [3.8, 4) is 0 Å². The van der Waals surface area contributed by atoms with E-state index in [4.69, 9.17) is 14.2 Å². The van der Waals surface area contributed by atoms with Gasteiger partial charge in [0, 0.05) is 19.2 Å². The Morgan fingerprint density at radius 2 is 2.04 bits per heavy atom. The van der Waals surface area contributed by atoms with Gasteiger partial charge in [0.2, 0.25) is 0 Å². The highest BCUT2D eigenvalue weighted by Gasteiger charge is 2.38. The number of hydrogen-bond donors (Lipinski definition) is 0. The average Bonchev–Trinajstić information content (AvgIpc) is 3.03. The van der Waals surface area contributed by atoms with Crippen LogP contribution >= 0.6 is 0 Å². The molecule has 2 aliphatic rings. The van der Waals surface area contributed by atoms with Crippen LogP contribution in [0, 0.1) is 0 Å². The summed E-state index contributed by atoms with van der Waals surface area (Å²) in [7, 11) is 1.46. The topological polar surface area (TPSA) is 48.0 Å². The second-order valence-electron chi connectivity index (χ2n) is 6.56. The Labute approximate surface area is 143 Å². The minimum Gasteiger partial charge on any atom is -0.468 e. The molecule has 132 valence electrons.